The van der Waals surface area contributed by atoms with Gasteiger partial charge in [-0.15, -0.1) is 0 Å². The van der Waals surface area contributed by atoms with E-state index in [4.69, 9.17) is 14.2 Å². The Labute approximate surface area is 126 Å². The number of nitrogens with one attached hydrogen (secondary N) is 1. The maximum Gasteiger partial charge on any atom is 0.231 e. The van der Waals surface area contributed by atoms with Gasteiger partial charge in [0.2, 0.25) is 6.79 Å². The molecule has 2 aliphatic heterocycles. The van der Waals surface area contributed by atoms with E-state index in [1.165, 1.54) is 12.0 Å². The van der Waals surface area contributed by atoms with E-state index in [0.717, 1.165) is 37.5 Å². The molecule has 3 atom stereocenters. The molecule has 21 heavy (non-hydrogen) atoms. The molecule has 4 heteroatoms. The van der Waals surface area contributed by atoms with Gasteiger partial charge < -0.3 is 19.5 Å². The standard InChI is InChI=1S/C17H25NO3/c1-12(18-10-15-7-8-19-13(15)2)3-4-14-5-6-16-17(9-14)21-11-20-16/h5-6,9,12-13,15,18H,3-4,7-8,10-11H2,1-2H3. The molecule has 0 amide bonds. The number of rotatable bonds is 6. The van der Waals surface area contributed by atoms with Crippen molar-refractivity contribution < 1.29 is 14.2 Å². The molecule has 0 bridgehead atoms. The minimum Gasteiger partial charge on any atom is -0.454 e. The second kappa shape index (κ2) is 6.67. The van der Waals surface area contributed by atoms with Crippen LogP contribution in [0, 0.1) is 5.92 Å². The third kappa shape index (κ3) is 3.69. The highest BCUT2D eigenvalue weighted by Crippen LogP contribution is 2.32. The van der Waals surface area contributed by atoms with Crippen LogP contribution >= 0.6 is 0 Å². The second-order valence-corrected chi connectivity index (χ2v) is 6.16. The van der Waals surface area contributed by atoms with Crippen molar-refractivity contribution in [3.05, 3.63) is 23.8 Å². The van der Waals surface area contributed by atoms with Crippen LogP contribution in [0.1, 0.15) is 32.3 Å². The van der Waals surface area contributed by atoms with E-state index in [2.05, 4.69) is 31.3 Å². The molecule has 0 saturated carbocycles. The summed E-state index contributed by atoms with van der Waals surface area (Å²) in [6.45, 7) is 6.75. The SMILES string of the molecule is CC(CCc1ccc2c(c1)OCO2)NCC1CCOC1C. The number of aryl methyl sites for hydroxylation is 1. The molecule has 1 aromatic carbocycles. The Hall–Kier alpha value is -1.26. The zero-order valence-electron chi connectivity index (χ0n) is 12.9. The van der Waals surface area contributed by atoms with Gasteiger partial charge in [-0.25, -0.2) is 0 Å². The van der Waals surface area contributed by atoms with Crippen LogP contribution in [0.4, 0.5) is 0 Å². The van der Waals surface area contributed by atoms with Gasteiger partial charge in [0, 0.05) is 19.2 Å². The predicted octanol–water partition coefficient (Wildman–Crippen LogP) is 2.75. The second-order valence-electron chi connectivity index (χ2n) is 6.16. The van der Waals surface area contributed by atoms with Crippen molar-refractivity contribution in [2.75, 3.05) is 19.9 Å². The molecule has 2 aliphatic rings. The Morgan fingerprint density at radius 3 is 2.95 bits per heavy atom. The normalized spacial score (nSPS) is 25.2. The lowest BCUT2D eigenvalue weighted by atomic mass is 10.0. The molecule has 2 heterocycles. The summed E-state index contributed by atoms with van der Waals surface area (Å²) in [5, 5.41) is 3.64. The molecule has 1 fully saturated rings. The lowest BCUT2D eigenvalue weighted by molar-refractivity contribution is 0.105. The van der Waals surface area contributed by atoms with E-state index in [-0.39, 0.29) is 0 Å². The monoisotopic (exact) mass is 291 g/mol. The number of hydrogen-bond donors (Lipinski definition) is 1. The predicted molar refractivity (Wildman–Crippen MR) is 81.9 cm³/mol. The number of hydrogen-bond acceptors (Lipinski definition) is 4. The lowest BCUT2D eigenvalue weighted by Gasteiger charge is -2.19. The Balaban J connectivity index is 1.42. The first-order valence-electron chi connectivity index (χ1n) is 7.96. The number of ether oxygens (including phenoxy) is 3. The van der Waals surface area contributed by atoms with Gasteiger partial charge in [0.15, 0.2) is 11.5 Å². The molecule has 3 unspecified atom stereocenters. The van der Waals surface area contributed by atoms with Crippen molar-refractivity contribution in [2.24, 2.45) is 5.92 Å². The molecular formula is C17H25NO3. The summed E-state index contributed by atoms with van der Waals surface area (Å²) < 4.78 is 16.4. The topological polar surface area (TPSA) is 39.7 Å². The fourth-order valence-corrected chi connectivity index (χ4v) is 2.98. The van der Waals surface area contributed by atoms with Crippen molar-refractivity contribution in [3.8, 4) is 11.5 Å². The van der Waals surface area contributed by atoms with Crippen LogP contribution in [-0.2, 0) is 11.2 Å². The van der Waals surface area contributed by atoms with Crippen molar-refractivity contribution in [1.29, 1.82) is 0 Å². The van der Waals surface area contributed by atoms with Crippen molar-refractivity contribution in [2.45, 2.75) is 45.3 Å². The highest BCUT2D eigenvalue weighted by molar-refractivity contribution is 5.44. The maximum atomic E-state index is 5.60. The summed E-state index contributed by atoms with van der Waals surface area (Å²) in [6, 6.07) is 6.76. The molecule has 1 saturated heterocycles. The molecule has 116 valence electrons. The lowest BCUT2D eigenvalue weighted by Crippen LogP contribution is -2.33. The van der Waals surface area contributed by atoms with Crippen molar-refractivity contribution in [1.82, 2.24) is 5.32 Å². The molecule has 4 nitrogen and oxygen atoms in total. The largest absolute Gasteiger partial charge is 0.454 e. The van der Waals surface area contributed by atoms with Crippen LogP contribution < -0.4 is 14.8 Å². The molecule has 1 aromatic rings. The van der Waals surface area contributed by atoms with Crippen LogP contribution in [0.15, 0.2) is 18.2 Å². The summed E-state index contributed by atoms with van der Waals surface area (Å²) in [4.78, 5) is 0. The minimum absolute atomic E-state index is 0.346. The average molecular weight is 291 g/mol. The van der Waals surface area contributed by atoms with Gasteiger partial charge in [0.05, 0.1) is 6.10 Å². The summed E-state index contributed by atoms with van der Waals surface area (Å²) in [7, 11) is 0. The highest BCUT2D eigenvalue weighted by Gasteiger charge is 2.24. The van der Waals surface area contributed by atoms with Crippen molar-refractivity contribution in [3.63, 3.8) is 0 Å². The summed E-state index contributed by atoms with van der Waals surface area (Å²) in [5.41, 5.74) is 1.31. The van der Waals surface area contributed by atoms with Crippen LogP contribution in [-0.4, -0.2) is 32.1 Å². The molecule has 0 aromatic heterocycles. The van der Waals surface area contributed by atoms with Gasteiger partial charge in [-0.05, 0) is 56.7 Å². The summed E-state index contributed by atoms with van der Waals surface area (Å²) >= 11 is 0. The van der Waals surface area contributed by atoms with E-state index in [0.29, 0.717) is 24.9 Å². The molecule has 0 spiro atoms. The van der Waals surface area contributed by atoms with Crippen LogP contribution in [0.2, 0.25) is 0 Å². The summed E-state index contributed by atoms with van der Waals surface area (Å²) in [6.07, 6.45) is 3.77. The van der Waals surface area contributed by atoms with E-state index < -0.39 is 0 Å². The van der Waals surface area contributed by atoms with Crippen molar-refractivity contribution >= 4 is 0 Å². The van der Waals surface area contributed by atoms with Crippen LogP contribution in [0.3, 0.4) is 0 Å². The molecule has 1 N–H and O–H groups in total. The Morgan fingerprint density at radius 1 is 1.29 bits per heavy atom. The van der Waals surface area contributed by atoms with E-state index in [1.54, 1.807) is 0 Å². The number of fused-ring (bicyclic) bond motifs is 1. The van der Waals surface area contributed by atoms with Gasteiger partial charge in [0.1, 0.15) is 0 Å². The third-order valence-corrected chi connectivity index (χ3v) is 4.56. The van der Waals surface area contributed by atoms with E-state index in [1.807, 2.05) is 6.07 Å². The minimum atomic E-state index is 0.346. The highest BCUT2D eigenvalue weighted by atomic mass is 16.7. The van der Waals surface area contributed by atoms with E-state index in [9.17, 15) is 0 Å². The molecule has 0 aliphatic carbocycles. The van der Waals surface area contributed by atoms with Gasteiger partial charge in [-0.3, -0.25) is 0 Å². The zero-order valence-corrected chi connectivity index (χ0v) is 12.9. The van der Waals surface area contributed by atoms with Crippen LogP contribution in [0.5, 0.6) is 11.5 Å². The first kappa shape index (κ1) is 14.7. The Kier molecular flexibility index (Phi) is 4.66. The Morgan fingerprint density at radius 2 is 2.14 bits per heavy atom. The van der Waals surface area contributed by atoms with Crippen LogP contribution in [0.25, 0.3) is 0 Å². The van der Waals surface area contributed by atoms with Gasteiger partial charge in [-0.2, -0.15) is 0 Å². The fraction of sp³-hybridized carbons (Fsp3) is 0.647. The van der Waals surface area contributed by atoms with Gasteiger partial charge >= 0.3 is 0 Å². The van der Waals surface area contributed by atoms with Gasteiger partial charge in [0.25, 0.3) is 0 Å². The third-order valence-electron chi connectivity index (χ3n) is 4.56. The Bertz CT molecular complexity index is 477. The first-order valence-corrected chi connectivity index (χ1v) is 7.96. The summed E-state index contributed by atoms with van der Waals surface area (Å²) in [5.74, 6) is 2.41. The number of benzene rings is 1. The first-order chi connectivity index (χ1) is 10.2. The maximum absolute atomic E-state index is 5.60. The quantitative estimate of drug-likeness (QED) is 0.875. The fourth-order valence-electron chi connectivity index (χ4n) is 2.98. The average Bonchev–Trinajstić information content (AvgIpc) is 3.11. The van der Waals surface area contributed by atoms with Gasteiger partial charge in [-0.1, -0.05) is 6.07 Å². The molecular weight excluding hydrogens is 266 g/mol. The van der Waals surface area contributed by atoms with E-state index >= 15 is 0 Å². The molecule has 0 radical (unpaired) electrons. The zero-order chi connectivity index (χ0) is 14.7. The molecule has 3 rings (SSSR count). The smallest absolute Gasteiger partial charge is 0.231 e.